The summed E-state index contributed by atoms with van der Waals surface area (Å²) in [6.45, 7) is 6.23. The van der Waals surface area contributed by atoms with Gasteiger partial charge < -0.3 is 4.74 Å². The maximum Gasteiger partial charge on any atom is 0.219 e. The summed E-state index contributed by atoms with van der Waals surface area (Å²) in [4.78, 5) is 4.47. The van der Waals surface area contributed by atoms with Gasteiger partial charge in [0.1, 0.15) is 5.75 Å². The minimum Gasteiger partial charge on any atom is -0.439 e. The highest BCUT2D eigenvalue weighted by atomic mass is 35.5. The topological polar surface area (TPSA) is 22.1 Å². The number of hydrogen-bond acceptors (Lipinski definition) is 2. The summed E-state index contributed by atoms with van der Waals surface area (Å²) in [5, 5.41) is 0. The first-order chi connectivity index (χ1) is 9.12. The molecule has 0 aliphatic carbocycles. The van der Waals surface area contributed by atoms with Gasteiger partial charge in [0.25, 0.3) is 0 Å². The summed E-state index contributed by atoms with van der Waals surface area (Å²) in [6, 6.07) is 9.94. The van der Waals surface area contributed by atoms with Crippen LogP contribution in [-0.4, -0.2) is 4.98 Å². The van der Waals surface area contributed by atoms with E-state index in [9.17, 15) is 0 Å². The number of alkyl halides is 1. The highest BCUT2D eigenvalue weighted by Crippen LogP contribution is 2.24. The number of aryl methyl sites for hydroxylation is 3. The van der Waals surface area contributed by atoms with Crippen LogP contribution in [0.15, 0.2) is 30.3 Å². The van der Waals surface area contributed by atoms with Crippen LogP contribution in [0.3, 0.4) is 0 Å². The fourth-order valence-corrected chi connectivity index (χ4v) is 1.98. The van der Waals surface area contributed by atoms with Crippen LogP contribution in [0.4, 0.5) is 0 Å². The lowest BCUT2D eigenvalue weighted by atomic mass is 10.1. The van der Waals surface area contributed by atoms with Gasteiger partial charge in [-0.3, -0.25) is 0 Å². The van der Waals surface area contributed by atoms with E-state index >= 15 is 0 Å². The van der Waals surface area contributed by atoms with Crippen molar-refractivity contribution in [3.05, 3.63) is 52.7 Å². The Morgan fingerprint density at radius 3 is 2.53 bits per heavy atom. The molecule has 0 N–H and O–H groups in total. The lowest BCUT2D eigenvalue weighted by Crippen LogP contribution is -1.95. The molecule has 0 saturated carbocycles. The van der Waals surface area contributed by atoms with E-state index in [0.29, 0.717) is 11.8 Å². The molecule has 0 bridgehead atoms. The molecule has 1 aromatic heterocycles. The van der Waals surface area contributed by atoms with Crippen LogP contribution in [0.1, 0.15) is 29.3 Å². The van der Waals surface area contributed by atoms with Crippen LogP contribution in [0.2, 0.25) is 0 Å². The molecule has 0 unspecified atom stereocenters. The van der Waals surface area contributed by atoms with E-state index in [1.807, 2.05) is 24.3 Å². The van der Waals surface area contributed by atoms with Gasteiger partial charge in [0, 0.05) is 17.6 Å². The average molecular weight is 276 g/mol. The van der Waals surface area contributed by atoms with Crippen LogP contribution >= 0.6 is 11.6 Å². The maximum atomic E-state index is 5.89. The Bertz CT molecular complexity index is 559. The SMILES string of the molecule is CCc1cc(CCl)cc(Oc2ccc(C)c(C)c2)n1. The van der Waals surface area contributed by atoms with Gasteiger partial charge in [0.2, 0.25) is 5.88 Å². The molecule has 0 spiro atoms. The van der Waals surface area contributed by atoms with E-state index in [1.54, 1.807) is 0 Å². The molecule has 0 radical (unpaired) electrons. The van der Waals surface area contributed by atoms with Gasteiger partial charge in [0.15, 0.2) is 0 Å². The summed E-state index contributed by atoms with van der Waals surface area (Å²) >= 11 is 5.89. The average Bonchev–Trinajstić information content (AvgIpc) is 2.42. The van der Waals surface area contributed by atoms with Gasteiger partial charge >= 0.3 is 0 Å². The molecule has 0 fully saturated rings. The Morgan fingerprint density at radius 1 is 1.11 bits per heavy atom. The van der Waals surface area contributed by atoms with Gasteiger partial charge in [-0.05, 0) is 55.2 Å². The zero-order chi connectivity index (χ0) is 13.8. The summed E-state index contributed by atoms with van der Waals surface area (Å²) in [6.07, 6.45) is 0.869. The third kappa shape index (κ3) is 3.48. The van der Waals surface area contributed by atoms with Crippen LogP contribution in [0.5, 0.6) is 11.6 Å². The highest BCUT2D eigenvalue weighted by molar-refractivity contribution is 6.17. The number of nitrogens with zero attached hydrogens (tertiary/aromatic N) is 1. The molecule has 1 aromatic carbocycles. The Hall–Kier alpha value is -1.54. The lowest BCUT2D eigenvalue weighted by Gasteiger charge is -2.09. The molecule has 0 saturated heterocycles. The number of pyridine rings is 1. The standard InChI is InChI=1S/C16H18ClNO/c1-4-14-8-13(10-17)9-16(18-14)19-15-6-5-11(2)12(3)7-15/h5-9H,4,10H2,1-3H3. The second-order valence-corrected chi connectivity index (χ2v) is 4.91. The van der Waals surface area contributed by atoms with E-state index in [4.69, 9.17) is 16.3 Å². The molecule has 0 amide bonds. The third-order valence-corrected chi connectivity index (χ3v) is 3.44. The number of hydrogen-bond donors (Lipinski definition) is 0. The van der Waals surface area contributed by atoms with Crippen LogP contribution < -0.4 is 4.74 Å². The molecule has 2 nitrogen and oxygen atoms in total. The van der Waals surface area contributed by atoms with Crippen molar-refractivity contribution in [2.75, 3.05) is 0 Å². The number of benzene rings is 1. The predicted molar refractivity (Wildman–Crippen MR) is 79.2 cm³/mol. The van der Waals surface area contributed by atoms with E-state index < -0.39 is 0 Å². The summed E-state index contributed by atoms with van der Waals surface area (Å²) < 4.78 is 5.83. The quantitative estimate of drug-likeness (QED) is 0.748. The molecule has 0 atom stereocenters. The molecule has 2 rings (SSSR count). The van der Waals surface area contributed by atoms with Crippen molar-refractivity contribution in [2.45, 2.75) is 33.1 Å². The minimum atomic E-state index is 0.471. The van der Waals surface area contributed by atoms with Crippen molar-refractivity contribution >= 4 is 11.6 Å². The monoisotopic (exact) mass is 275 g/mol. The normalized spacial score (nSPS) is 10.5. The zero-order valence-corrected chi connectivity index (χ0v) is 12.3. The van der Waals surface area contributed by atoms with Crippen LogP contribution in [0.25, 0.3) is 0 Å². The molecule has 0 aliphatic heterocycles. The van der Waals surface area contributed by atoms with Crippen molar-refractivity contribution in [1.29, 1.82) is 0 Å². The maximum absolute atomic E-state index is 5.89. The second kappa shape index (κ2) is 6.07. The van der Waals surface area contributed by atoms with Crippen molar-refractivity contribution in [2.24, 2.45) is 0 Å². The first-order valence-electron chi connectivity index (χ1n) is 6.43. The summed E-state index contributed by atoms with van der Waals surface area (Å²) in [5.74, 6) is 1.89. The highest BCUT2D eigenvalue weighted by Gasteiger charge is 2.05. The molecule has 100 valence electrons. The van der Waals surface area contributed by atoms with Gasteiger partial charge in [0.05, 0.1) is 0 Å². The number of rotatable bonds is 4. The number of ether oxygens (including phenoxy) is 1. The van der Waals surface area contributed by atoms with Gasteiger partial charge in [-0.1, -0.05) is 13.0 Å². The van der Waals surface area contributed by atoms with Crippen molar-refractivity contribution in [1.82, 2.24) is 4.98 Å². The van der Waals surface area contributed by atoms with Gasteiger partial charge in [-0.15, -0.1) is 11.6 Å². The number of aromatic nitrogens is 1. The summed E-state index contributed by atoms with van der Waals surface area (Å²) in [7, 11) is 0. The van der Waals surface area contributed by atoms with E-state index in [1.165, 1.54) is 11.1 Å². The van der Waals surface area contributed by atoms with Crippen LogP contribution in [-0.2, 0) is 12.3 Å². The van der Waals surface area contributed by atoms with E-state index in [-0.39, 0.29) is 0 Å². The molecule has 1 heterocycles. The fourth-order valence-electron chi connectivity index (χ4n) is 1.83. The Balaban J connectivity index is 2.29. The second-order valence-electron chi connectivity index (χ2n) is 4.64. The van der Waals surface area contributed by atoms with Crippen molar-refractivity contribution < 1.29 is 4.74 Å². The minimum absolute atomic E-state index is 0.471. The summed E-state index contributed by atoms with van der Waals surface area (Å²) in [5.41, 5.74) is 4.50. The Morgan fingerprint density at radius 2 is 1.89 bits per heavy atom. The van der Waals surface area contributed by atoms with Crippen LogP contribution in [0, 0.1) is 13.8 Å². The molecule has 19 heavy (non-hydrogen) atoms. The first-order valence-corrected chi connectivity index (χ1v) is 6.96. The molecular formula is C16H18ClNO. The van der Waals surface area contributed by atoms with Gasteiger partial charge in [-0.25, -0.2) is 4.98 Å². The Kier molecular flexibility index (Phi) is 4.43. The Labute approximate surface area is 119 Å². The predicted octanol–water partition coefficient (Wildman–Crippen LogP) is 4.79. The lowest BCUT2D eigenvalue weighted by molar-refractivity contribution is 0.460. The van der Waals surface area contributed by atoms with Gasteiger partial charge in [-0.2, -0.15) is 0 Å². The van der Waals surface area contributed by atoms with Crippen molar-refractivity contribution in [3.8, 4) is 11.6 Å². The molecular weight excluding hydrogens is 258 g/mol. The van der Waals surface area contributed by atoms with E-state index in [0.717, 1.165) is 23.4 Å². The van der Waals surface area contributed by atoms with E-state index in [2.05, 4.69) is 31.8 Å². The third-order valence-electron chi connectivity index (χ3n) is 3.13. The zero-order valence-electron chi connectivity index (χ0n) is 11.5. The fraction of sp³-hybridized carbons (Fsp3) is 0.312. The van der Waals surface area contributed by atoms with Crippen molar-refractivity contribution in [3.63, 3.8) is 0 Å². The largest absolute Gasteiger partial charge is 0.439 e. The number of halogens is 1. The smallest absolute Gasteiger partial charge is 0.219 e. The first kappa shape index (κ1) is 13.9. The molecule has 0 aliphatic rings. The molecule has 2 aromatic rings. The molecule has 3 heteroatoms.